The normalized spacial score (nSPS) is 16.9. The summed E-state index contributed by atoms with van der Waals surface area (Å²) in [7, 11) is 0. The van der Waals surface area contributed by atoms with E-state index >= 15 is 0 Å². The van der Waals surface area contributed by atoms with Crippen molar-refractivity contribution in [1.29, 1.82) is 0 Å². The fourth-order valence-corrected chi connectivity index (χ4v) is 2.56. The van der Waals surface area contributed by atoms with Gasteiger partial charge in [0.25, 0.3) is 0 Å². The highest BCUT2D eigenvalue weighted by atomic mass is 16.5. The molecule has 1 aromatic heterocycles. The Kier molecular flexibility index (Phi) is 4.58. The van der Waals surface area contributed by atoms with Crippen molar-refractivity contribution in [2.45, 2.75) is 33.6 Å². The minimum atomic E-state index is 0.246. The molecule has 0 radical (unpaired) electrons. The number of carbonyl (C=O) groups is 1. The number of piperazine rings is 1. The first-order valence-electron chi connectivity index (χ1n) is 7.03. The van der Waals surface area contributed by atoms with Crippen molar-refractivity contribution in [3.05, 3.63) is 17.0 Å². The summed E-state index contributed by atoms with van der Waals surface area (Å²) in [5.74, 6) is 1.08. The summed E-state index contributed by atoms with van der Waals surface area (Å²) in [6.07, 6.45) is 1.28. The molecule has 1 aliphatic rings. The van der Waals surface area contributed by atoms with E-state index in [2.05, 4.69) is 17.0 Å². The van der Waals surface area contributed by atoms with Crippen LogP contribution in [-0.4, -0.2) is 53.6 Å². The van der Waals surface area contributed by atoms with Gasteiger partial charge >= 0.3 is 0 Å². The Morgan fingerprint density at radius 2 is 1.95 bits per heavy atom. The highest BCUT2D eigenvalue weighted by molar-refractivity contribution is 5.76. The number of amides is 1. The second-order valence-electron chi connectivity index (χ2n) is 5.12. The molecule has 0 spiro atoms. The number of carbonyl (C=O) groups excluding carboxylic acids is 1. The third-order valence-electron chi connectivity index (χ3n) is 3.94. The summed E-state index contributed by atoms with van der Waals surface area (Å²) in [6.45, 7) is 10.8. The SMILES string of the molecule is CCN1CCN(C(=O)CCc2c(C)noc2C)CC1. The van der Waals surface area contributed by atoms with Crippen LogP contribution in [-0.2, 0) is 11.2 Å². The summed E-state index contributed by atoms with van der Waals surface area (Å²) >= 11 is 0. The van der Waals surface area contributed by atoms with Gasteiger partial charge in [-0.05, 0) is 26.8 Å². The number of hydrogen-bond donors (Lipinski definition) is 0. The molecule has 106 valence electrons. The van der Waals surface area contributed by atoms with Crippen molar-refractivity contribution in [3.8, 4) is 0 Å². The first-order valence-corrected chi connectivity index (χ1v) is 7.03. The minimum absolute atomic E-state index is 0.246. The standard InChI is InChI=1S/C14H23N3O2/c1-4-16-7-9-17(10-8-16)14(18)6-5-13-11(2)15-19-12(13)3/h4-10H2,1-3H3. The number of hydrogen-bond acceptors (Lipinski definition) is 4. The summed E-state index contributed by atoms with van der Waals surface area (Å²) in [5.41, 5.74) is 1.99. The lowest BCUT2D eigenvalue weighted by atomic mass is 10.1. The molecular weight excluding hydrogens is 242 g/mol. The maximum atomic E-state index is 12.2. The van der Waals surface area contributed by atoms with E-state index in [0.717, 1.165) is 56.2 Å². The van der Waals surface area contributed by atoms with Gasteiger partial charge in [-0.15, -0.1) is 0 Å². The Morgan fingerprint density at radius 3 is 2.47 bits per heavy atom. The molecule has 5 heteroatoms. The van der Waals surface area contributed by atoms with Crippen LogP contribution < -0.4 is 0 Å². The zero-order chi connectivity index (χ0) is 13.8. The van der Waals surface area contributed by atoms with Crippen molar-refractivity contribution in [2.75, 3.05) is 32.7 Å². The molecule has 19 heavy (non-hydrogen) atoms. The Balaban J connectivity index is 1.82. The average Bonchev–Trinajstić information content (AvgIpc) is 2.75. The smallest absolute Gasteiger partial charge is 0.222 e. The Labute approximate surface area is 114 Å². The first-order chi connectivity index (χ1) is 9.11. The maximum absolute atomic E-state index is 12.2. The monoisotopic (exact) mass is 265 g/mol. The summed E-state index contributed by atoms with van der Waals surface area (Å²) < 4.78 is 5.12. The lowest BCUT2D eigenvalue weighted by molar-refractivity contribution is -0.132. The average molecular weight is 265 g/mol. The number of likely N-dealkylation sites (N-methyl/N-ethyl adjacent to an activating group) is 1. The predicted molar refractivity (Wildman–Crippen MR) is 73.0 cm³/mol. The van der Waals surface area contributed by atoms with E-state index in [1.807, 2.05) is 18.7 Å². The van der Waals surface area contributed by atoms with Gasteiger partial charge in [-0.1, -0.05) is 12.1 Å². The zero-order valence-corrected chi connectivity index (χ0v) is 12.1. The topological polar surface area (TPSA) is 49.6 Å². The van der Waals surface area contributed by atoms with Crippen LogP contribution in [0.25, 0.3) is 0 Å². The fourth-order valence-electron chi connectivity index (χ4n) is 2.56. The molecule has 0 atom stereocenters. The van der Waals surface area contributed by atoms with Gasteiger partial charge in [0.1, 0.15) is 5.76 Å². The molecule has 0 saturated carbocycles. The van der Waals surface area contributed by atoms with Gasteiger partial charge in [0.15, 0.2) is 0 Å². The summed E-state index contributed by atoms with van der Waals surface area (Å²) in [6, 6.07) is 0. The molecular formula is C14H23N3O2. The van der Waals surface area contributed by atoms with E-state index in [4.69, 9.17) is 4.52 Å². The predicted octanol–water partition coefficient (Wildman–Crippen LogP) is 1.39. The lowest BCUT2D eigenvalue weighted by Crippen LogP contribution is -2.48. The van der Waals surface area contributed by atoms with Crippen LogP contribution in [0.15, 0.2) is 4.52 Å². The summed E-state index contributed by atoms with van der Waals surface area (Å²) in [5, 5.41) is 3.92. The molecule has 0 bridgehead atoms. The van der Waals surface area contributed by atoms with Gasteiger partial charge in [0.2, 0.25) is 5.91 Å². The minimum Gasteiger partial charge on any atom is -0.361 e. The molecule has 0 unspecified atom stereocenters. The maximum Gasteiger partial charge on any atom is 0.222 e. The van der Waals surface area contributed by atoms with Gasteiger partial charge in [-0.25, -0.2) is 0 Å². The van der Waals surface area contributed by atoms with Crippen LogP contribution in [0.1, 0.15) is 30.4 Å². The van der Waals surface area contributed by atoms with Crippen LogP contribution >= 0.6 is 0 Å². The molecule has 0 aliphatic carbocycles. The molecule has 0 N–H and O–H groups in total. The van der Waals surface area contributed by atoms with Gasteiger partial charge < -0.3 is 14.3 Å². The quantitative estimate of drug-likeness (QED) is 0.825. The Bertz CT molecular complexity index is 414. The molecule has 1 aromatic rings. The first kappa shape index (κ1) is 14.1. The molecule has 1 aliphatic heterocycles. The van der Waals surface area contributed by atoms with E-state index in [1.54, 1.807) is 0 Å². The van der Waals surface area contributed by atoms with Crippen molar-refractivity contribution in [3.63, 3.8) is 0 Å². The van der Waals surface area contributed by atoms with E-state index < -0.39 is 0 Å². The van der Waals surface area contributed by atoms with E-state index in [0.29, 0.717) is 6.42 Å². The molecule has 1 amide bonds. The molecule has 1 saturated heterocycles. The van der Waals surface area contributed by atoms with Gasteiger partial charge in [0, 0.05) is 38.2 Å². The van der Waals surface area contributed by atoms with Crippen LogP contribution in [0.3, 0.4) is 0 Å². The molecule has 5 nitrogen and oxygen atoms in total. The van der Waals surface area contributed by atoms with Crippen molar-refractivity contribution >= 4 is 5.91 Å². The van der Waals surface area contributed by atoms with Gasteiger partial charge in [0.05, 0.1) is 5.69 Å². The Hall–Kier alpha value is -1.36. The summed E-state index contributed by atoms with van der Waals surface area (Å²) in [4.78, 5) is 16.5. The van der Waals surface area contributed by atoms with Gasteiger partial charge in [-0.2, -0.15) is 0 Å². The highest BCUT2D eigenvalue weighted by Gasteiger charge is 2.20. The second-order valence-corrected chi connectivity index (χ2v) is 5.12. The third kappa shape index (κ3) is 3.35. The molecule has 1 fully saturated rings. The van der Waals surface area contributed by atoms with Crippen LogP contribution in [0.4, 0.5) is 0 Å². The largest absolute Gasteiger partial charge is 0.361 e. The van der Waals surface area contributed by atoms with Gasteiger partial charge in [-0.3, -0.25) is 4.79 Å². The van der Waals surface area contributed by atoms with E-state index in [-0.39, 0.29) is 5.91 Å². The molecule has 2 rings (SSSR count). The number of aryl methyl sites for hydroxylation is 2. The van der Waals surface area contributed by atoms with Crippen molar-refractivity contribution < 1.29 is 9.32 Å². The lowest BCUT2D eigenvalue weighted by Gasteiger charge is -2.34. The van der Waals surface area contributed by atoms with E-state index in [9.17, 15) is 4.79 Å². The second kappa shape index (κ2) is 6.19. The zero-order valence-electron chi connectivity index (χ0n) is 12.1. The van der Waals surface area contributed by atoms with Crippen LogP contribution in [0.5, 0.6) is 0 Å². The number of rotatable bonds is 4. The van der Waals surface area contributed by atoms with Crippen molar-refractivity contribution in [2.24, 2.45) is 0 Å². The van der Waals surface area contributed by atoms with Crippen molar-refractivity contribution in [1.82, 2.24) is 15.0 Å². The fraction of sp³-hybridized carbons (Fsp3) is 0.714. The number of aromatic nitrogens is 1. The molecule has 2 heterocycles. The van der Waals surface area contributed by atoms with Crippen LogP contribution in [0, 0.1) is 13.8 Å². The third-order valence-corrected chi connectivity index (χ3v) is 3.94. The van der Waals surface area contributed by atoms with Crippen LogP contribution in [0.2, 0.25) is 0 Å². The number of nitrogens with zero attached hydrogens (tertiary/aromatic N) is 3. The Morgan fingerprint density at radius 1 is 1.26 bits per heavy atom. The van der Waals surface area contributed by atoms with E-state index in [1.165, 1.54) is 0 Å². The molecule has 0 aromatic carbocycles. The highest BCUT2D eigenvalue weighted by Crippen LogP contribution is 2.15.